The molecule has 5 N–H and O–H groups in total. The highest BCUT2D eigenvalue weighted by Crippen LogP contribution is 2.27. The molecule has 1 unspecified atom stereocenters. The predicted octanol–water partition coefficient (Wildman–Crippen LogP) is 0.813. The lowest BCUT2D eigenvalue weighted by molar-refractivity contribution is -0.124. The minimum absolute atomic E-state index is 0.0579. The molecule has 1 aromatic carbocycles. The Labute approximate surface area is 107 Å². The van der Waals surface area contributed by atoms with Crippen molar-refractivity contribution in [1.29, 1.82) is 0 Å². The molecular weight excluding hydrogens is 228 g/mol. The molecule has 1 aliphatic rings. The van der Waals surface area contributed by atoms with Crippen molar-refractivity contribution in [3.8, 4) is 0 Å². The summed E-state index contributed by atoms with van der Waals surface area (Å²) in [5, 5.41) is 2.72. The average molecular weight is 248 g/mol. The van der Waals surface area contributed by atoms with Crippen LogP contribution in [0, 0.1) is 5.92 Å². The molecule has 0 saturated carbocycles. The Hall–Kier alpha value is -1.91. The van der Waals surface area contributed by atoms with E-state index in [0.717, 1.165) is 31.6 Å². The van der Waals surface area contributed by atoms with Gasteiger partial charge in [0.25, 0.3) is 0 Å². The zero-order chi connectivity index (χ0) is 13.1. The molecule has 98 valence electrons. The number of hydrogen-bond donors (Lipinski definition) is 3. The summed E-state index contributed by atoms with van der Waals surface area (Å²) in [5.41, 5.74) is 13.8. The molecule has 5 heteroatoms. The molecule has 1 aliphatic heterocycles. The molecule has 2 rings (SSSR count). The second-order valence-electron chi connectivity index (χ2n) is 4.71. The van der Waals surface area contributed by atoms with Gasteiger partial charge in [0.05, 0.1) is 17.3 Å². The van der Waals surface area contributed by atoms with E-state index in [4.69, 9.17) is 11.5 Å². The van der Waals surface area contributed by atoms with E-state index in [1.165, 1.54) is 0 Å². The van der Waals surface area contributed by atoms with E-state index in [2.05, 4.69) is 10.2 Å². The van der Waals surface area contributed by atoms with Crippen LogP contribution in [0.1, 0.15) is 12.8 Å². The summed E-state index contributed by atoms with van der Waals surface area (Å²) in [6.45, 7) is 1.69. The Morgan fingerprint density at radius 2 is 2.17 bits per heavy atom. The van der Waals surface area contributed by atoms with Gasteiger partial charge in [-0.15, -0.1) is 0 Å². The van der Waals surface area contributed by atoms with E-state index in [-0.39, 0.29) is 11.8 Å². The maximum absolute atomic E-state index is 11.7. The van der Waals surface area contributed by atoms with Gasteiger partial charge in [-0.3, -0.25) is 4.79 Å². The molecule has 1 amide bonds. The van der Waals surface area contributed by atoms with Crippen molar-refractivity contribution in [3.05, 3.63) is 18.2 Å². The largest absolute Gasteiger partial charge is 0.397 e. The number of nitrogens with one attached hydrogen (secondary N) is 1. The minimum Gasteiger partial charge on any atom is -0.397 e. The van der Waals surface area contributed by atoms with Crippen LogP contribution in [0.2, 0.25) is 0 Å². The number of hydrogen-bond acceptors (Lipinski definition) is 4. The Morgan fingerprint density at radius 3 is 2.83 bits per heavy atom. The highest BCUT2D eigenvalue weighted by molar-refractivity contribution is 5.79. The van der Waals surface area contributed by atoms with Crippen LogP contribution >= 0.6 is 0 Å². The minimum atomic E-state index is 0.0579. The summed E-state index contributed by atoms with van der Waals surface area (Å²) in [5.74, 6) is 0.172. The van der Waals surface area contributed by atoms with Crippen molar-refractivity contribution in [2.24, 2.45) is 5.92 Å². The van der Waals surface area contributed by atoms with E-state index < -0.39 is 0 Å². The fourth-order valence-electron chi connectivity index (χ4n) is 2.39. The predicted molar refractivity (Wildman–Crippen MR) is 74.3 cm³/mol. The Morgan fingerprint density at radius 1 is 1.39 bits per heavy atom. The fraction of sp³-hybridized carbons (Fsp3) is 0.462. The van der Waals surface area contributed by atoms with E-state index in [1.54, 1.807) is 7.05 Å². The van der Waals surface area contributed by atoms with E-state index in [9.17, 15) is 4.79 Å². The number of nitrogens with zero attached hydrogens (tertiary/aromatic N) is 1. The normalized spacial score (nSPS) is 19.6. The monoisotopic (exact) mass is 248 g/mol. The van der Waals surface area contributed by atoms with Gasteiger partial charge in [-0.1, -0.05) is 0 Å². The number of rotatable bonds is 2. The second kappa shape index (κ2) is 5.16. The smallest absolute Gasteiger partial charge is 0.224 e. The van der Waals surface area contributed by atoms with Crippen molar-refractivity contribution in [2.75, 3.05) is 36.5 Å². The third-order valence-corrected chi connectivity index (χ3v) is 3.47. The molecule has 1 saturated heterocycles. The van der Waals surface area contributed by atoms with Crippen LogP contribution in [0.5, 0.6) is 0 Å². The molecule has 1 aromatic rings. The van der Waals surface area contributed by atoms with Crippen molar-refractivity contribution in [3.63, 3.8) is 0 Å². The molecule has 0 bridgehead atoms. The molecule has 5 nitrogen and oxygen atoms in total. The zero-order valence-electron chi connectivity index (χ0n) is 10.6. The highest BCUT2D eigenvalue weighted by Gasteiger charge is 2.25. The number of nitrogens with two attached hydrogens (primary N) is 2. The number of piperidine rings is 1. The third-order valence-electron chi connectivity index (χ3n) is 3.47. The van der Waals surface area contributed by atoms with Gasteiger partial charge in [-0.2, -0.15) is 0 Å². The van der Waals surface area contributed by atoms with Gasteiger partial charge in [-0.05, 0) is 31.0 Å². The Balaban J connectivity index is 2.13. The fourth-order valence-corrected chi connectivity index (χ4v) is 2.39. The van der Waals surface area contributed by atoms with E-state index in [1.807, 2.05) is 18.2 Å². The number of benzene rings is 1. The van der Waals surface area contributed by atoms with Crippen LogP contribution in [0.3, 0.4) is 0 Å². The number of nitrogen functional groups attached to an aromatic ring is 2. The van der Waals surface area contributed by atoms with Gasteiger partial charge in [0, 0.05) is 25.8 Å². The van der Waals surface area contributed by atoms with Gasteiger partial charge >= 0.3 is 0 Å². The number of anilines is 3. The second-order valence-corrected chi connectivity index (χ2v) is 4.71. The molecule has 0 radical (unpaired) electrons. The van der Waals surface area contributed by atoms with Crippen molar-refractivity contribution in [1.82, 2.24) is 5.32 Å². The quantitative estimate of drug-likeness (QED) is 0.676. The molecule has 1 atom stereocenters. The molecule has 1 heterocycles. The van der Waals surface area contributed by atoms with Crippen LogP contribution < -0.4 is 21.7 Å². The summed E-state index contributed by atoms with van der Waals surface area (Å²) in [6.07, 6.45) is 1.96. The van der Waals surface area contributed by atoms with Crippen LogP contribution in [0.4, 0.5) is 17.1 Å². The van der Waals surface area contributed by atoms with Crippen molar-refractivity contribution < 1.29 is 4.79 Å². The SMILES string of the molecule is CNC(=O)C1CCCN(c2ccc(N)c(N)c2)C1. The first-order chi connectivity index (χ1) is 8.61. The molecule has 0 aliphatic carbocycles. The maximum Gasteiger partial charge on any atom is 0.224 e. The van der Waals surface area contributed by atoms with E-state index in [0.29, 0.717) is 11.4 Å². The zero-order valence-corrected chi connectivity index (χ0v) is 10.6. The molecule has 0 spiro atoms. The number of amides is 1. The van der Waals surface area contributed by atoms with Crippen molar-refractivity contribution in [2.45, 2.75) is 12.8 Å². The summed E-state index contributed by atoms with van der Waals surface area (Å²) in [6, 6.07) is 5.65. The van der Waals surface area contributed by atoms with E-state index >= 15 is 0 Å². The van der Waals surface area contributed by atoms with Crippen LogP contribution in [-0.2, 0) is 4.79 Å². The van der Waals surface area contributed by atoms with Gasteiger partial charge in [0.1, 0.15) is 0 Å². The molecule has 18 heavy (non-hydrogen) atoms. The maximum atomic E-state index is 11.7. The first-order valence-electron chi connectivity index (χ1n) is 6.23. The lowest BCUT2D eigenvalue weighted by atomic mass is 9.96. The first kappa shape index (κ1) is 12.5. The summed E-state index contributed by atoms with van der Waals surface area (Å²) in [4.78, 5) is 13.9. The summed E-state index contributed by atoms with van der Waals surface area (Å²) in [7, 11) is 1.68. The first-order valence-corrected chi connectivity index (χ1v) is 6.23. The average Bonchev–Trinajstić information content (AvgIpc) is 2.41. The van der Waals surface area contributed by atoms with Gasteiger partial charge in [-0.25, -0.2) is 0 Å². The van der Waals surface area contributed by atoms with Crippen LogP contribution in [0.15, 0.2) is 18.2 Å². The highest BCUT2D eigenvalue weighted by atomic mass is 16.1. The third kappa shape index (κ3) is 2.50. The van der Waals surface area contributed by atoms with Gasteiger partial charge < -0.3 is 21.7 Å². The topological polar surface area (TPSA) is 84.4 Å². The Bertz CT molecular complexity index is 447. The van der Waals surface area contributed by atoms with Crippen LogP contribution in [-0.4, -0.2) is 26.0 Å². The molecule has 1 fully saturated rings. The number of carbonyl (C=O) groups excluding carboxylic acids is 1. The van der Waals surface area contributed by atoms with Gasteiger partial charge in [0.15, 0.2) is 0 Å². The van der Waals surface area contributed by atoms with Crippen molar-refractivity contribution >= 4 is 23.0 Å². The molecular formula is C13H20N4O. The summed E-state index contributed by atoms with van der Waals surface area (Å²) < 4.78 is 0. The lowest BCUT2D eigenvalue weighted by Gasteiger charge is -2.33. The molecule has 0 aromatic heterocycles. The lowest BCUT2D eigenvalue weighted by Crippen LogP contribution is -2.42. The Kier molecular flexibility index (Phi) is 3.60. The standard InChI is InChI=1S/C13H20N4O/c1-16-13(18)9-3-2-6-17(8-9)10-4-5-11(14)12(15)7-10/h4-5,7,9H,2-3,6,8,14-15H2,1H3,(H,16,18). The van der Waals surface area contributed by atoms with Gasteiger partial charge in [0.2, 0.25) is 5.91 Å². The number of carbonyl (C=O) groups is 1. The van der Waals surface area contributed by atoms with Crippen LogP contribution in [0.25, 0.3) is 0 Å². The summed E-state index contributed by atoms with van der Waals surface area (Å²) >= 11 is 0.